The van der Waals surface area contributed by atoms with Gasteiger partial charge in [-0.25, -0.2) is 0 Å². The summed E-state index contributed by atoms with van der Waals surface area (Å²) < 4.78 is 0. The SMILES string of the molecule is CCc1ccc(C(O)CN(Cc2ccccc2)C(=O)c2ccc3c(c2)NC(=O)CNC3=O)cc1. The van der Waals surface area contributed by atoms with Crippen LogP contribution in [0.5, 0.6) is 0 Å². The highest BCUT2D eigenvalue weighted by atomic mass is 16.3. The molecule has 0 spiro atoms. The molecular formula is C27H27N3O4. The zero-order valence-corrected chi connectivity index (χ0v) is 19.0. The third kappa shape index (κ3) is 5.32. The third-order valence-corrected chi connectivity index (χ3v) is 5.86. The van der Waals surface area contributed by atoms with Gasteiger partial charge in [0.05, 0.1) is 30.4 Å². The van der Waals surface area contributed by atoms with Crippen molar-refractivity contribution in [2.45, 2.75) is 26.0 Å². The average molecular weight is 458 g/mol. The van der Waals surface area contributed by atoms with Crippen LogP contribution in [0.3, 0.4) is 0 Å². The van der Waals surface area contributed by atoms with Gasteiger partial charge in [0.15, 0.2) is 0 Å². The number of hydrogen-bond donors (Lipinski definition) is 3. The normalized spacial score (nSPS) is 13.8. The molecule has 0 bridgehead atoms. The third-order valence-electron chi connectivity index (χ3n) is 5.86. The van der Waals surface area contributed by atoms with E-state index in [-0.39, 0.29) is 30.8 Å². The maximum absolute atomic E-state index is 13.6. The van der Waals surface area contributed by atoms with Crippen LogP contribution in [0, 0.1) is 0 Å². The largest absolute Gasteiger partial charge is 0.387 e. The van der Waals surface area contributed by atoms with Crippen molar-refractivity contribution >= 4 is 23.4 Å². The van der Waals surface area contributed by atoms with Crippen LogP contribution in [0.25, 0.3) is 0 Å². The van der Waals surface area contributed by atoms with E-state index in [1.807, 2.05) is 54.6 Å². The maximum Gasteiger partial charge on any atom is 0.254 e. The first-order valence-electron chi connectivity index (χ1n) is 11.3. The molecule has 3 aromatic rings. The zero-order chi connectivity index (χ0) is 24.1. The van der Waals surface area contributed by atoms with Crippen molar-refractivity contribution in [3.05, 3.63) is 101 Å². The van der Waals surface area contributed by atoms with Gasteiger partial charge in [-0.1, -0.05) is 61.5 Å². The highest BCUT2D eigenvalue weighted by Gasteiger charge is 2.24. The van der Waals surface area contributed by atoms with E-state index < -0.39 is 6.10 Å². The monoisotopic (exact) mass is 457 g/mol. The van der Waals surface area contributed by atoms with Gasteiger partial charge in [0, 0.05) is 12.1 Å². The van der Waals surface area contributed by atoms with E-state index in [0.29, 0.717) is 23.4 Å². The Kier molecular flexibility index (Phi) is 7.04. The van der Waals surface area contributed by atoms with Crippen molar-refractivity contribution < 1.29 is 19.5 Å². The van der Waals surface area contributed by atoms with Crippen LogP contribution >= 0.6 is 0 Å². The molecule has 34 heavy (non-hydrogen) atoms. The Morgan fingerprint density at radius 2 is 1.74 bits per heavy atom. The number of carbonyl (C=O) groups is 3. The molecule has 1 aliphatic heterocycles. The van der Waals surface area contributed by atoms with Crippen LogP contribution in [-0.4, -0.2) is 40.8 Å². The van der Waals surface area contributed by atoms with Crippen LogP contribution in [0.2, 0.25) is 0 Å². The van der Waals surface area contributed by atoms with Crippen LogP contribution in [0.15, 0.2) is 72.8 Å². The fourth-order valence-electron chi connectivity index (χ4n) is 3.92. The van der Waals surface area contributed by atoms with Gasteiger partial charge in [-0.3, -0.25) is 14.4 Å². The number of nitrogens with zero attached hydrogens (tertiary/aromatic N) is 1. The second kappa shape index (κ2) is 10.3. The highest BCUT2D eigenvalue weighted by Crippen LogP contribution is 2.23. The van der Waals surface area contributed by atoms with Crippen molar-refractivity contribution in [3.8, 4) is 0 Å². The molecule has 3 N–H and O–H groups in total. The minimum Gasteiger partial charge on any atom is -0.387 e. The minimum atomic E-state index is -0.870. The number of anilines is 1. The summed E-state index contributed by atoms with van der Waals surface area (Å²) in [5.41, 5.74) is 3.73. The molecule has 4 rings (SSSR count). The average Bonchev–Trinajstić information content (AvgIpc) is 3.01. The Labute approximate surface area is 198 Å². The lowest BCUT2D eigenvalue weighted by Crippen LogP contribution is -2.34. The van der Waals surface area contributed by atoms with Crippen molar-refractivity contribution in [1.82, 2.24) is 10.2 Å². The van der Waals surface area contributed by atoms with E-state index >= 15 is 0 Å². The first-order chi connectivity index (χ1) is 16.4. The Hall–Kier alpha value is -3.97. The summed E-state index contributed by atoms with van der Waals surface area (Å²) in [5, 5.41) is 16.1. The number of aryl methyl sites for hydroxylation is 1. The van der Waals surface area contributed by atoms with E-state index in [1.165, 1.54) is 17.7 Å². The molecule has 7 nitrogen and oxygen atoms in total. The summed E-state index contributed by atoms with van der Waals surface area (Å²) in [6, 6.07) is 21.9. The topological polar surface area (TPSA) is 98.7 Å². The lowest BCUT2D eigenvalue weighted by Gasteiger charge is -2.26. The Morgan fingerprint density at radius 1 is 1.00 bits per heavy atom. The molecule has 0 fully saturated rings. The summed E-state index contributed by atoms with van der Waals surface area (Å²) in [4.78, 5) is 39.3. The molecule has 1 atom stereocenters. The van der Waals surface area contributed by atoms with E-state index in [1.54, 1.807) is 11.0 Å². The molecule has 3 amide bonds. The van der Waals surface area contributed by atoms with E-state index in [0.717, 1.165) is 17.5 Å². The summed E-state index contributed by atoms with van der Waals surface area (Å²) in [7, 11) is 0. The number of hydrogen-bond acceptors (Lipinski definition) is 4. The number of aliphatic hydroxyl groups is 1. The standard InChI is InChI=1S/C27H27N3O4/c1-2-18-8-10-20(11-9-18)24(31)17-30(16-19-6-4-3-5-7-19)27(34)21-12-13-22-23(14-21)29-25(32)15-28-26(22)33/h3-14,24,31H,2,15-17H2,1H3,(H,28,33)(H,29,32). The number of rotatable bonds is 7. The van der Waals surface area contributed by atoms with Gasteiger partial charge in [-0.05, 0) is 41.3 Å². The van der Waals surface area contributed by atoms with Gasteiger partial charge < -0.3 is 20.6 Å². The van der Waals surface area contributed by atoms with Gasteiger partial charge in [0.25, 0.3) is 11.8 Å². The molecule has 1 heterocycles. The van der Waals surface area contributed by atoms with Crippen molar-refractivity contribution in [2.24, 2.45) is 0 Å². The smallest absolute Gasteiger partial charge is 0.254 e. The fraction of sp³-hybridized carbons (Fsp3) is 0.222. The molecule has 7 heteroatoms. The summed E-state index contributed by atoms with van der Waals surface area (Å²) in [6.07, 6.45) is 0.0342. The Morgan fingerprint density at radius 3 is 2.44 bits per heavy atom. The van der Waals surface area contributed by atoms with Crippen molar-refractivity contribution in [3.63, 3.8) is 0 Å². The van der Waals surface area contributed by atoms with Gasteiger partial charge in [-0.15, -0.1) is 0 Å². The van der Waals surface area contributed by atoms with Gasteiger partial charge in [0.1, 0.15) is 0 Å². The lowest BCUT2D eigenvalue weighted by atomic mass is 10.0. The van der Waals surface area contributed by atoms with Crippen LogP contribution in [-0.2, 0) is 17.8 Å². The van der Waals surface area contributed by atoms with Crippen LogP contribution < -0.4 is 10.6 Å². The minimum absolute atomic E-state index is 0.0864. The number of benzene rings is 3. The van der Waals surface area contributed by atoms with Crippen LogP contribution in [0.4, 0.5) is 5.69 Å². The number of amides is 3. The quantitative estimate of drug-likeness (QED) is 0.507. The number of carbonyl (C=O) groups excluding carboxylic acids is 3. The molecule has 0 aromatic heterocycles. The van der Waals surface area contributed by atoms with Gasteiger partial charge in [0.2, 0.25) is 5.91 Å². The molecule has 3 aromatic carbocycles. The van der Waals surface area contributed by atoms with Crippen molar-refractivity contribution in [2.75, 3.05) is 18.4 Å². The van der Waals surface area contributed by atoms with Crippen LogP contribution in [0.1, 0.15) is 50.4 Å². The summed E-state index contributed by atoms with van der Waals surface area (Å²) >= 11 is 0. The molecule has 0 saturated heterocycles. The molecule has 0 saturated carbocycles. The number of aliphatic hydroxyl groups excluding tert-OH is 1. The second-order valence-corrected chi connectivity index (χ2v) is 8.27. The predicted octanol–water partition coefficient (Wildman–Crippen LogP) is 3.31. The molecule has 0 aliphatic carbocycles. The molecule has 174 valence electrons. The first-order valence-corrected chi connectivity index (χ1v) is 11.3. The van der Waals surface area contributed by atoms with E-state index in [9.17, 15) is 19.5 Å². The highest BCUT2D eigenvalue weighted by molar-refractivity contribution is 6.10. The number of nitrogens with one attached hydrogen (secondary N) is 2. The fourth-order valence-corrected chi connectivity index (χ4v) is 3.92. The lowest BCUT2D eigenvalue weighted by molar-refractivity contribution is -0.115. The Balaban J connectivity index is 1.62. The molecule has 1 aliphatic rings. The summed E-state index contributed by atoms with van der Waals surface area (Å²) in [5.74, 6) is -1.04. The predicted molar refractivity (Wildman–Crippen MR) is 129 cm³/mol. The molecule has 1 unspecified atom stereocenters. The van der Waals surface area contributed by atoms with E-state index in [4.69, 9.17) is 0 Å². The van der Waals surface area contributed by atoms with Gasteiger partial charge >= 0.3 is 0 Å². The summed E-state index contributed by atoms with van der Waals surface area (Å²) in [6.45, 7) is 2.33. The maximum atomic E-state index is 13.6. The van der Waals surface area contributed by atoms with Gasteiger partial charge in [-0.2, -0.15) is 0 Å². The number of fused-ring (bicyclic) bond motifs is 1. The second-order valence-electron chi connectivity index (χ2n) is 8.27. The van der Waals surface area contributed by atoms with Crippen molar-refractivity contribution in [1.29, 1.82) is 0 Å². The Bertz CT molecular complexity index is 1190. The molecule has 0 radical (unpaired) electrons. The zero-order valence-electron chi connectivity index (χ0n) is 19.0. The van der Waals surface area contributed by atoms with E-state index in [2.05, 4.69) is 17.6 Å². The first kappa shape index (κ1) is 23.2. The molecular weight excluding hydrogens is 430 g/mol.